The molecule has 5 heteroatoms. The summed E-state index contributed by atoms with van der Waals surface area (Å²) in [4.78, 5) is 14.0. The number of hydrogen-bond donors (Lipinski definition) is 1. The van der Waals surface area contributed by atoms with Crippen molar-refractivity contribution in [3.05, 3.63) is 17.5 Å². The highest BCUT2D eigenvalue weighted by Gasteiger charge is 2.27. The molecule has 0 saturated carbocycles. The van der Waals surface area contributed by atoms with E-state index in [0.717, 1.165) is 31.8 Å². The number of rotatable bonds is 3. The second kappa shape index (κ2) is 4.65. The summed E-state index contributed by atoms with van der Waals surface area (Å²) in [5, 5.41) is 6.66. The van der Waals surface area contributed by atoms with Crippen molar-refractivity contribution < 1.29 is 9.53 Å². The van der Waals surface area contributed by atoms with Gasteiger partial charge in [0.25, 0.3) is 5.91 Å². The fraction of sp³-hybridized carbons (Fsp3) is 0.636. The van der Waals surface area contributed by atoms with Crippen LogP contribution in [0.5, 0.6) is 0 Å². The molecule has 1 saturated heterocycles. The van der Waals surface area contributed by atoms with Crippen molar-refractivity contribution in [2.45, 2.75) is 13.3 Å². The van der Waals surface area contributed by atoms with E-state index < -0.39 is 0 Å². The Morgan fingerprint density at radius 2 is 2.56 bits per heavy atom. The number of carbonyl (C=O) groups excluding carboxylic acids is 1. The van der Waals surface area contributed by atoms with E-state index in [1.165, 1.54) is 0 Å². The Morgan fingerprint density at radius 3 is 3.19 bits per heavy atom. The number of methoxy groups -OCH3 is 1. The summed E-state index contributed by atoms with van der Waals surface area (Å²) in [5.41, 5.74) is 1.51. The molecule has 0 bridgehead atoms. The average Bonchev–Trinajstić information content (AvgIpc) is 2.87. The second-order valence-electron chi connectivity index (χ2n) is 4.27. The molecule has 2 heterocycles. The topological polar surface area (TPSA) is 58.2 Å². The first-order valence-corrected chi connectivity index (χ1v) is 5.50. The normalized spacial score (nSPS) is 20.4. The molecule has 1 aliphatic heterocycles. The summed E-state index contributed by atoms with van der Waals surface area (Å²) in [6.45, 7) is 4.20. The zero-order valence-corrected chi connectivity index (χ0v) is 9.69. The van der Waals surface area contributed by atoms with Gasteiger partial charge >= 0.3 is 0 Å². The molecular formula is C11H17N3O2. The predicted molar refractivity (Wildman–Crippen MR) is 59.2 cm³/mol. The molecule has 1 fully saturated rings. The van der Waals surface area contributed by atoms with Gasteiger partial charge in [-0.05, 0) is 13.3 Å². The fourth-order valence-electron chi connectivity index (χ4n) is 2.13. The molecule has 1 N–H and O–H groups in total. The lowest BCUT2D eigenvalue weighted by molar-refractivity contribution is 0.0775. The molecule has 1 aromatic rings. The number of aryl methyl sites for hydroxylation is 1. The first-order valence-electron chi connectivity index (χ1n) is 5.50. The lowest BCUT2D eigenvalue weighted by Gasteiger charge is -2.15. The van der Waals surface area contributed by atoms with Crippen LogP contribution in [0.3, 0.4) is 0 Å². The van der Waals surface area contributed by atoms with Gasteiger partial charge in [-0.15, -0.1) is 0 Å². The largest absolute Gasteiger partial charge is 0.384 e. The zero-order valence-electron chi connectivity index (χ0n) is 9.69. The molecule has 0 aliphatic carbocycles. The minimum absolute atomic E-state index is 0.0739. The van der Waals surface area contributed by atoms with Gasteiger partial charge in [0.15, 0.2) is 0 Å². The van der Waals surface area contributed by atoms with Crippen LogP contribution in [0, 0.1) is 12.8 Å². The Bertz CT molecular complexity index is 375. The summed E-state index contributed by atoms with van der Waals surface area (Å²) in [5.74, 6) is 0.547. The van der Waals surface area contributed by atoms with Gasteiger partial charge in [0, 0.05) is 31.8 Å². The molecule has 0 radical (unpaired) electrons. The smallest absolute Gasteiger partial charge is 0.257 e. The summed E-state index contributed by atoms with van der Waals surface area (Å²) < 4.78 is 5.11. The monoisotopic (exact) mass is 223 g/mol. The van der Waals surface area contributed by atoms with E-state index in [0.29, 0.717) is 11.5 Å². The first-order chi connectivity index (χ1) is 7.72. The third kappa shape index (κ3) is 2.09. The lowest BCUT2D eigenvalue weighted by atomic mass is 10.1. The zero-order chi connectivity index (χ0) is 11.5. The van der Waals surface area contributed by atoms with Crippen LogP contribution in [0.1, 0.15) is 22.5 Å². The van der Waals surface area contributed by atoms with E-state index in [9.17, 15) is 4.79 Å². The fourth-order valence-corrected chi connectivity index (χ4v) is 2.13. The SMILES string of the molecule is COCC1CCN(C(=O)c2cn[nH]c2C)C1. The van der Waals surface area contributed by atoms with Crippen LogP contribution in [-0.2, 0) is 4.74 Å². The third-order valence-electron chi connectivity index (χ3n) is 3.04. The minimum Gasteiger partial charge on any atom is -0.384 e. The van der Waals surface area contributed by atoms with Gasteiger partial charge in [-0.2, -0.15) is 5.10 Å². The van der Waals surface area contributed by atoms with Gasteiger partial charge in [0.05, 0.1) is 18.4 Å². The lowest BCUT2D eigenvalue weighted by Crippen LogP contribution is -2.29. The number of carbonyl (C=O) groups is 1. The maximum Gasteiger partial charge on any atom is 0.257 e. The molecule has 2 rings (SSSR count). The number of aromatic amines is 1. The van der Waals surface area contributed by atoms with Gasteiger partial charge in [-0.25, -0.2) is 0 Å². The van der Waals surface area contributed by atoms with Crippen LogP contribution in [0.4, 0.5) is 0 Å². The summed E-state index contributed by atoms with van der Waals surface area (Å²) in [6, 6.07) is 0. The number of likely N-dealkylation sites (tertiary alicyclic amines) is 1. The highest BCUT2D eigenvalue weighted by Crippen LogP contribution is 2.19. The molecular weight excluding hydrogens is 206 g/mol. The standard InChI is InChI=1S/C11H17N3O2/c1-8-10(5-12-13-8)11(15)14-4-3-9(6-14)7-16-2/h5,9H,3-4,6-7H2,1-2H3,(H,12,13). The van der Waals surface area contributed by atoms with Crippen molar-refractivity contribution in [1.29, 1.82) is 0 Å². The number of amides is 1. The van der Waals surface area contributed by atoms with Crippen LogP contribution < -0.4 is 0 Å². The molecule has 1 amide bonds. The summed E-state index contributed by atoms with van der Waals surface area (Å²) in [6.07, 6.45) is 2.62. The number of hydrogen-bond acceptors (Lipinski definition) is 3. The summed E-state index contributed by atoms with van der Waals surface area (Å²) >= 11 is 0. The molecule has 5 nitrogen and oxygen atoms in total. The maximum atomic E-state index is 12.1. The molecule has 88 valence electrons. The van der Waals surface area contributed by atoms with Crippen LogP contribution in [-0.4, -0.2) is 47.8 Å². The van der Waals surface area contributed by atoms with Crippen molar-refractivity contribution >= 4 is 5.91 Å². The number of nitrogens with zero attached hydrogens (tertiary/aromatic N) is 2. The highest BCUT2D eigenvalue weighted by atomic mass is 16.5. The summed E-state index contributed by atoms with van der Waals surface area (Å²) in [7, 11) is 1.70. The van der Waals surface area contributed by atoms with Gasteiger partial charge in [0.2, 0.25) is 0 Å². The Balaban J connectivity index is 2.00. The van der Waals surface area contributed by atoms with Gasteiger partial charge < -0.3 is 9.64 Å². The van der Waals surface area contributed by atoms with Crippen molar-refractivity contribution in [3.8, 4) is 0 Å². The quantitative estimate of drug-likeness (QED) is 0.825. The Morgan fingerprint density at radius 1 is 1.75 bits per heavy atom. The maximum absolute atomic E-state index is 12.1. The van der Waals surface area contributed by atoms with E-state index in [4.69, 9.17) is 4.74 Å². The Kier molecular flexibility index (Phi) is 3.24. The molecule has 1 atom stereocenters. The van der Waals surface area contributed by atoms with E-state index in [1.54, 1.807) is 13.3 Å². The van der Waals surface area contributed by atoms with E-state index in [-0.39, 0.29) is 5.91 Å². The number of H-pyrrole nitrogens is 1. The van der Waals surface area contributed by atoms with E-state index >= 15 is 0 Å². The van der Waals surface area contributed by atoms with Crippen LogP contribution in [0.2, 0.25) is 0 Å². The third-order valence-corrected chi connectivity index (χ3v) is 3.04. The molecule has 1 aromatic heterocycles. The van der Waals surface area contributed by atoms with Gasteiger partial charge in [-0.3, -0.25) is 9.89 Å². The molecule has 1 unspecified atom stereocenters. The van der Waals surface area contributed by atoms with Crippen LogP contribution in [0.25, 0.3) is 0 Å². The molecule has 0 spiro atoms. The van der Waals surface area contributed by atoms with E-state index in [2.05, 4.69) is 10.2 Å². The van der Waals surface area contributed by atoms with Gasteiger partial charge in [-0.1, -0.05) is 0 Å². The number of nitrogens with one attached hydrogen (secondary N) is 1. The van der Waals surface area contributed by atoms with Crippen LogP contribution in [0.15, 0.2) is 6.20 Å². The van der Waals surface area contributed by atoms with Crippen molar-refractivity contribution in [2.24, 2.45) is 5.92 Å². The minimum atomic E-state index is 0.0739. The molecule has 16 heavy (non-hydrogen) atoms. The second-order valence-corrected chi connectivity index (χ2v) is 4.27. The Labute approximate surface area is 94.8 Å². The van der Waals surface area contributed by atoms with E-state index in [1.807, 2.05) is 11.8 Å². The number of ether oxygens (including phenoxy) is 1. The predicted octanol–water partition coefficient (Wildman–Crippen LogP) is 0.827. The van der Waals surface area contributed by atoms with Gasteiger partial charge in [0.1, 0.15) is 0 Å². The van der Waals surface area contributed by atoms with Crippen molar-refractivity contribution in [3.63, 3.8) is 0 Å². The average molecular weight is 223 g/mol. The molecule has 1 aliphatic rings. The van der Waals surface area contributed by atoms with Crippen molar-refractivity contribution in [1.82, 2.24) is 15.1 Å². The van der Waals surface area contributed by atoms with Crippen LogP contribution >= 0.6 is 0 Å². The molecule has 0 aromatic carbocycles. The number of aromatic nitrogens is 2. The van der Waals surface area contributed by atoms with Crippen molar-refractivity contribution in [2.75, 3.05) is 26.8 Å². The first kappa shape index (κ1) is 11.1. The Hall–Kier alpha value is -1.36. The highest BCUT2D eigenvalue weighted by molar-refractivity contribution is 5.95.